The summed E-state index contributed by atoms with van der Waals surface area (Å²) in [6.07, 6.45) is 0.133. The monoisotopic (exact) mass is 460 g/mol. The minimum Gasteiger partial charge on any atom is -0.493 e. The van der Waals surface area contributed by atoms with Gasteiger partial charge < -0.3 is 10.1 Å². The highest BCUT2D eigenvalue weighted by atomic mass is 35.5. The molecule has 0 fully saturated rings. The number of hydrogen-bond acceptors (Lipinski definition) is 6. The van der Waals surface area contributed by atoms with Crippen molar-refractivity contribution in [1.29, 1.82) is 0 Å². The summed E-state index contributed by atoms with van der Waals surface area (Å²) in [4.78, 5) is 20.3. The van der Waals surface area contributed by atoms with Crippen molar-refractivity contribution in [1.82, 2.24) is 9.97 Å². The first-order valence-electron chi connectivity index (χ1n) is 9.35. The molecule has 0 saturated carbocycles. The summed E-state index contributed by atoms with van der Waals surface area (Å²) in [5, 5.41) is 3.30. The molecule has 162 valence electrons. The molecular formula is C21H21ClN4O4S. The van der Waals surface area contributed by atoms with Gasteiger partial charge >= 0.3 is 0 Å². The van der Waals surface area contributed by atoms with Crippen LogP contribution in [-0.2, 0) is 14.8 Å². The lowest BCUT2D eigenvalue weighted by Crippen LogP contribution is -2.17. The number of carbonyl (C=O) groups excluding carboxylic acids is 1. The number of aromatic nitrogens is 2. The second-order valence-electron chi connectivity index (χ2n) is 6.70. The van der Waals surface area contributed by atoms with Crippen molar-refractivity contribution in [3.05, 3.63) is 71.0 Å². The number of anilines is 2. The van der Waals surface area contributed by atoms with Crippen molar-refractivity contribution in [2.45, 2.75) is 25.2 Å². The van der Waals surface area contributed by atoms with Gasteiger partial charge in [-0.1, -0.05) is 11.6 Å². The van der Waals surface area contributed by atoms with E-state index in [1.807, 2.05) is 0 Å². The van der Waals surface area contributed by atoms with Gasteiger partial charge in [0.25, 0.3) is 10.0 Å². The molecule has 0 atom stereocenters. The number of nitrogens with zero attached hydrogens (tertiary/aromatic N) is 2. The number of hydrogen-bond donors (Lipinski definition) is 2. The summed E-state index contributed by atoms with van der Waals surface area (Å²) in [5.74, 6) is 0.369. The van der Waals surface area contributed by atoms with Gasteiger partial charge in [-0.25, -0.2) is 23.1 Å². The molecule has 2 N–H and O–H groups in total. The first-order valence-corrected chi connectivity index (χ1v) is 11.2. The number of carbonyl (C=O) groups is 1. The van der Waals surface area contributed by atoms with Crippen LogP contribution in [0.2, 0.25) is 5.02 Å². The third-order valence-corrected chi connectivity index (χ3v) is 5.66. The van der Waals surface area contributed by atoms with E-state index in [2.05, 4.69) is 20.0 Å². The Morgan fingerprint density at radius 2 is 1.61 bits per heavy atom. The maximum atomic E-state index is 12.6. The molecular weight excluding hydrogens is 440 g/mol. The molecule has 0 saturated heterocycles. The lowest BCUT2D eigenvalue weighted by molar-refractivity contribution is -0.116. The molecule has 0 bridgehead atoms. The standard InChI is InChI=1S/C21H21ClN4O4S/c1-14-13-15(2)24-21(23-14)26-31(28,29)19-9-5-17(6-10-19)25-20(27)11-12-30-18-7-3-16(22)4-8-18/h3-10,13H,11-12H2,1-2H3,(H,25,27)(H,23,24,26). The smallest absolute Gasteiger partial charge is 0.264 e. The van der Waals surface area contributed by atoms with Crippen LogP contribution < -0.4 is 14.8 Å². The van der Waals surface area contributed by atoms with Crippen LogP contribution in [0.4, 0.5) is 11.6 Å². The lowest BCUT2D eigenvalue weighted by atomic mass is 10.3. The van der Waals surface area contributed by atoms with Crippen molar-refractivity contribution in [2.75, 3.05) is 16.6 Å². The maximum Gasteiger partial charge on any atom is 0.264 e. The molecule has 0 aliphatic rings. The number of sulfonamides is 1. The van der Waals surface area contributed by atoms with Gasteiger partial charge in [0.2, 0.25) is 11.9 Å². The van der Waals surface area contributed by atoms with Gasteiger partial charge in [0.05, 0.1) is 17.9 Å². The molecule has 10 heteroatoms. The number of halogens is 1. The van der Waals surface area contributed by atoms with Gasteiger partial charge in [0.15, 0.2) is 0 Å². The number of ether oxygens (including phenoxy) is 1. The normalized spacial score (nSPS) is 11.1. The molecule has 0 spiro atoms. The van der Waals surface area contributed by atoms with Crippen LogP contribution in [0.15, 0.2) is 59.5 Å². The van der Waals surface area contributed by atoms with E-state index in [1.165, 1.54) is 24.3 Å². The minimum atomic E-state index is -3.86. The van der Waals surface area contributed by atoms with Crippen LogP contribution in [0.25, 0.3) is 0 Å². The molecule has 3 rings (SSSR count). The quantitative estimate of drug-likeness (QED) is 0.526. The Morgan fingerprint density at radius 1 is 1.00 bits per heavy atom. The Bertz CT molecular complexity index is 1150. The van der Waals surface area contributed by atoms with E-state index in [0.29, 0.717) is 27.8 Å². The molecule has 0 aliphatic carbocycles. The van der Waals surface area contributed by atoms with Crippen molar-refractivity contribution < 1.29 is 17.9 Å². The van der Waals surface area contributed by atoms with Crippen LogP contribution >= 0.6 is 11.6 Å². The second-order valence-corrected chi connectivity index (χ2v) is 8.82. The topological polar surface area (TPSA) is 110 Å². The van der Waals surface area contributed by atoms with Gasteiger partial charge in [0.1, 0.15) is 5.75 Å². The van der Waals surface area contributed by atoms with E-state index in [9.17, 15) is 13.2 Å². The molecule has 0 unspecified atom stereocenters. The van der Waals surface area contributed by atoms with E-state index in [1.54, 1.807) is 44.2 Å². The Hall–Kier alpha value is -3.17. The number of benzene rings is 2. The van der Waals surface area contributed by atoms with Gasteiger partial charge in [-0.05, 0) is 68.4 Å². The van der Waals surface area contributed by atoms with Crippen LogP contribution in [0.3, 0.4) is 0 Å². The summed E-state index contributed by atoms with van der Waals surface area (Å²) in [5.41, 5.74) is 1.78. The van der Waals surface area contributed by atoms with E-state index < -0.39 is 10.0 Å². The number of aryl methyl sites for hydroxylation is 2. The molecule has 1 heterocycles. The summed E-state index contributed by atoms with van der Waals surface area (Å²) in [6, 6.07) is 14.4. The fraction of sp³-hybridized carbons (Fsp3) is 0.190. The minimum absolute atomic E-state index is 0.00978. The number of amides is 1. The Balaban J connectivity index is 1.55. The molecule has 8 nitrogen and oxygen atoms in total. The average molecular weight is 461 g/mol. The zero-order valence-electron chi connectivity index (χ0n) is 16.9. The zero-order chi connectivity index (χ0) is 22.4. The van der Waals surface area contributed by atoms with E-state index >= 15 is 0 Å². The SMILES string of the molecule is Cc1cc(C)nc(NS(=O)(=O)c2ccc(NC(=O)CCOc3ccc(Cl)cc3)cc2)n1. The highest BCUT2D eigenvalue weighted by Gasteiger charge is 2.16. The van der Waals surface area contributed by atoms with Crippen molar-refractivity contribution in [2.24, 2.45) is 0 Å². The van der Waals surface area contributed by atoms with E-state index in [-0.39, 0.29) is 29.8 Å². The average Bonchev–Trinajstić information content (AvgIpc) is 2.69. The van der Waals surface area contributed by atoms with Crippen LogP contribution in [0, 0.1) is 13.8 Å². The van der Waals surface area contributed by atoms with Crippen LogP contribution in [-0.4, -0.2) is 30.9 Å². The summed E-state index contributed by atoms with van der Waals surface area (Å²) in [6.45, 7) is 3.70. The maximum absolute atomic E-state index is 12.6. The molecule has 0 radical (unpaired) electrons. The third kappa shape index (κ3) is 6.66. The fourth-order valence-corrected chi connectivity index (χ4v) is 3.75. The lowest BCUT2D eigenvalue weighted by Gasteiger charge is -2.10. The van der Waals surface area contributed by atoms with Crippen LogP contribution in [0.5, 0.6) is 5.75 Å². The summed E-state index contributed by atoms with van der Waals surface area (Å²) < 4.78 is 33.0. The predicted octanol–water partition coefficient (Wildman–Crippen LogP) is 3.96. The van der Waals surface area contributed by atoms with E-state index in [4.69, 9.17) is 16.3 Å². The molecule has 3 aromatic rings. The van der Waals surface area contributed by atoms with Gasteiger partial charge in [-0.2, -0.15) is 0 Å². The third-order valence-electron chi connectivity index (χ3n) is 4.07. The van der Waals surface area contributed by atoms with Gasteiger partial charge in [0, 0.05) is 22.1 Å². The Labute approximate surface area is 185 Å². The zero-order valence-corrected chi connectivity index (χ0v) is 18.5. The van der Waals surface area contributed by atoms with E-state index in [0.717, 1.165) is 0 Å². The summed E-state index contributed by atoms with van der Waals surface area (Å²) >= 11 is 5.81. The Morgan fingerprint density at radius 3 is 2.23 bits per heavy atom. The molecule has 2 aromatic carbocycles. The summed E-state index contributed by atoms with van der Waals surface area (Å²) in [7, 11) is -3.86. The van der Waals surface area contributed by atoms with Crippen molar-refractivity contribution in [3.8, 4) is 5.75 Å². The molecule has 0 aliphatic heterocycles. The van der Waals surface area contributed by atoms with Crippen LogP contribution in [0.1, 0.15) is 17.8 Å². The molecule has 1 amide bonds. The molecule has 1 aromatic heterocycles. The first kappa shape index (κ1) is 22.5. The fourth-order valence-electron chi connectivity index (χ4n) is 2.68. The highest BCUT2D eigenvalue weighted by molar-refractivity contribution is 7.92. The van der Waals surface area contributed by atoms with Crippen molar-refractivity contribution >= 4 is 39.2 Å². The predicted molar refractivity (Wildman–Crippen MR) is 119 cm³/mol. The van der Waals surface area contributed by atoms with Gasteiger partial charge in [-0.3, -0.25) is 4.79 Å². The highest BCUT2D eigenvalue weighted by Crippen LogP contribution is 2.18. The van der Waals surface area contributed by atoms with Crippen molar-refractivity contribution in [3.63, 3.8) is 0 Å². The van der Waals surface area contributed by atoms with Gasteiger partial charge in [-0.15, -0.1) is 0 Å². The first-order chi connectivity index (χ1) is 14.7. The number of rotatable bonds is 8. The number of nitrogens with one attached hydrogen (secondary N) is 2. The molecule has 31 heavy (non-hydrogen) atoms. The Kier molecular flexibility index (Phi) is 7.09. The largest absolute Gasteiger partial charge is 0.493 e. The second kappa shape index (κ2) is 9.76.